The SMILES string of the molecule is COC(=O)[C@]12c3ccccc3[C@@H]3c4ccccc4[C@H]1[C@H]32. The molecule has 0 N–H and O–H groups in total. The van der Waals surface area contributed by atoms with Crippen LogP contribution in [-0.4, -0.2) is 13.1 Å². The number of carbonyl (C=O) groups is 1. The van der Waals surface area contributed by atoms with Crippen molar-refractivity contribution in [1.82, 2.24) is 0 Å². The third-order valence-electron chi connectivity index (χ3n) is 5.56. The Morgan fingerprint density at radius 1 is 1.00 bits per heavy atom. The lowest BCUT2D eigenvalue weighted by Crippen LogP contribution is -2.25. The Hall–Kier alpha value is -2.09. The van der Waals surface area contributed by atoms with Gasteiger partial charge >= 0.3 is 5.97 Å². The van der Waals surface area contributed by atoms with Crippen LogP contribution in [0.5, 0.6) is 0 Å². The highest BCUT2D eigenvalue weighted by Gasteiger charge is 2.81. The fraction of sp³-hybridized carbons (Fsp3) is 0.278. The topological polar surface area (TPSA) is 26.3 Å². The van der Waals surface area contributed by atoms with Crippen LogP contribution in [0, 0.1) is 5.92 Å². The molecule has 4 atom stereocenters. The van der Waals surface area contributed by atoms with E-state index in [1.165, 1.54) is 29.4 Å². The molecule has 1 fully saturated rings. The first-order valence-electron chi connectivity index (χ1n) is 7.08. The van der Waals surface area contributed by atoms with Gasteiger partial charge in [0.1, 0.15) is 5.41 Å². The molecule has 0 aliphatic heterocycles. The zero-order valence-electron chi connectivity index (χ0n) is 11.2. The molecule has 0 aromatic heterocycles. The van der Waals surface area contributed by atoms with Crippen molar-refractivity contribution < 1.29 is 9.53 Å². The van der Waals surface area contributed by atoms with Gasteiger partial charge in [-0.05, 0) is 28.2 Å². The molecule has 0 bridgehead atoms. The minimum atomic E-state index is -0.398. The Kier molecular flexibility index (Phi) is 1.68. The molecule has 3 aliphatic rings. The Labute approximate surface area is 117 Å². The van der Waals surface area contributed by atoms with Gasteiger partial charge in [-0.25, -0.2) is 0 Å². The highest BCUT2D eigenvalue weighted by atomic mass is 16.5. The van der Waals surface area contributed by atoms with E-state index in [1.807, 2.05) is 6.07 Å². The normalized spacial score (nSPS) is 34.1. The highest BCUT2D eigenvalue weighted by Crippen LogP contribution is 2.81. The molecule has 0 heterocycles. The van der Waals surface area contributed by atoms with E-state index in [4.69, 9.17) is 4.74 Å². The number of hydrogen-bond acceptors (Lipinski definition) is 2. The van der Waals surface area contributed by atoms with Crippen LogP contribution in [0.4, 0.5) is 0 Å². The highest BCUT2D eigenvalue weighted by molar-refractivity contribution is 5.95. The number of methoxy groups -OCH3 is 1. The number of ether oxygens (including phenoxy) is 1. The second kappa shape index (κ2) is 3.14. The van der Waals surface area contributed by atoms with Crippen LogP contribution in [0.1, 0.15) is 34.1 Å². The molecule has 0 radical (unpaired) electrons. The summed E-state index contributed by atoms with van der Waals surface area (Å²) in [6, 6.07) is 17.0. The number of hydrogen-bond donors (Lipinski definition) is 0. The summed E-state index contributed by atoms with van der Waals surface area (Å²) in [4.78, 5) is 12.5. The van der Waals surface area contributed by atoms with Gasteiger partial charge in [-0.3, -0.25) is 4.79 Å². The lowest BCUT2D eigenvalue weighted by Gasteiger charge is -2.15. The second-order valence-corrected chi connectivity index (χ2v) is 6.06. The zero-order valence-corrected chi connectivity index (χ0v) is 11.2. The fourth-order valence-corrected chi connectivity index (χ4v) is 4.97. The molecule has 0 amide bonds. The van der Waals surface area contributed by atoms with E-state index in [9.17, 15) is 4.79 Å². The van der Waals surface area contributed by atoms with Crippen LogP contribution in [0.2, 0.25) is 0 Å². The number of benzene rings is 2. The summed E-state index contributed by atoms with van der Waals surface area (Å²) in [5.74, 6) is 1.03. The number of carbonyl (C=O) groups excluding carboxylic acids is 1. The maximum absolute atomic E-state index is 12.5. The lowest BCUT2D eigenvalue weighted by molar-refractivity contribution is -0.144. The molecule has 3 aliphatic carbocycles. The van der Waals surface area contributed by atoms with Gasteiger partial charge in [-0.2, -0.15) is 0 Å². The Morgan fingerprint density at radius 3 is 2.40 bits per heavy atom. The molecule has 0 spiro atoms. The largest absolute Gasteiger partial charge is 0.468 e. The third kappa shape index (κ3) is 0.866. The third-order valence-corrected chi connectivity index (χ3v) is 5.56. The van der Waals surface area contributed by atoms with Crippen molar-refractivity contribution in [3.8, 4) is 0 Å². The van der Waals surface area contributed by atoms with Crippen LogP contribution >= 0.6 is 0 Å². The molecular weight excluding hydrogens is 248 g/mol. The first-order valence-corrected chi connectivity index (χ1v) is 7.08. The van der Waals surface area contributed by atoms with E-state index in [1.54, 1.807) is 0 Å². The number of esters is 1. The first kappa shape index (κ1) is 10.7. The Bertz CT molecular complexity index is 764. The molecule has 5 rings (SSSR count). The monoisotopic (exact) mass is 262 g/mol. The molecule has 2 nitrogen and oxygen atoms in total. The van der Waals surface area contributed by atoms with E-state index in [0.717, 1.165) is 0 Å². The van der Waals surface area contributed by atoms with Gasteiger partial charge in [0, 0.05) is 11.8 Å². The average Bonchev–Trinajstić information content (AvgIpc) is 2.96. The molecular formula is C18H14O2. The van der Waals surface area contributed by atoms with E-state index in [0.29, 0.717) is 17.8 Å². The van der Waals surface area contributed by atoms with E-state index < -0.39 is 5.41 Å². The van der Waals surface area contributed by atoms with Crippen LogP contribution < -0.4 is 0 Å². The van der Waals surface area contributed by atoms with E-state index in [2.05, 4.69) is 42.5 Å². The van der Waals surface area contributed by atoms with Gasteiger partial charge in [0.25, 0.3) is 0 Å². The molecule has 1 saturated carbocycles. The standard InChI is InChI=1S/C18H14O2/c1-20-17(19)18-13-9-5-4-8-12(13)14-10-6-2-3-7-11(10)15(18)16(14)18/h2-9,14-16H,1H3/t14-,15-,16-,18+/m0/s1. The fourth-order valence-electron chi connectivity index (χ4n) is 4.97. The Morgan fingerprint density at radius 2 is 1.65 bits per heavy atom. The molecule has 98 valence electrons. The summed E-state index contributed by atoms with van der Waals surface area (Å²) in [7, 11) is 1.51. The maximum Gasteiger partial charge on any atom is 0.317 e. The zero-order chi connectivity index (χ0) is 13.5. The van der Waals surface area contributed by atoms with Crippen molar-refractivity contribution in [3.05, 3.63) is 70.8 Å². The van der Waals surface area contributed by atoms with Gasteiger partial charge in [0.05, 0.1) is 7.11 Å². The molecule has 0 saturated heterocycles. The van der Waals surface area contributed by atoms with Crippen molar-refractivity contribution in [2.24, 2.45) is 5.92 Å². The molecule has 2 aromatic carbocycles. The quantitative estimate of drug-likeness (QED) is 0.739. The molecule has 2 heteroatoms. The van der Waals surface area contributed by atoms with Gasteiger partial charge in [0.15, 0.2) is 0 Å². The summed E-state index contributed by atoms with van der Waals surface area (Å²) in [6.45, 7) is 0. The predicted molar refractivity (Wildman–Crippen MR) is 74.7 cm³/mol. The van der Waals surface area contributed by atoms with E-state index in [-0.39, 0.29) is 5.97 Å². The van der Waals surface area contributed by atoms with Crippen molar-refractivity contribution >= 4 is 5.97 Å². The van der Waals surface area contributed by atoms with Gasteiger partial charge in [0.2, 0.25) is 0 Å². The first-order chi connectivity index (χ1) is 9.81. The van der Waals surface area contributed by atoms with Crippen LogP contribution in [0.15, 0.2) is 48.5 Å². The van der Waals surface area contributed by atoms with Crippen LogP contribution in [0.3, 0.4) is 0 Å². The number of fused-ring (bicyclic) bond motifs is 7. The number of rotatable bonds is 1. The molecule has 2 aromatic rings. The second-order valence-electron chi connectivity index (χ2n) is 6.06. The van der Waals surface area contributed by atoms with Gasteiger partial charge < -0.3 is 4.74 Å². The van der Waals surface area contributed by atoms with Crippen molar-refractivity contribution in [2.75, 3.05) is 7.11 Å². The summed E-state index contributed by atoms with van der Waals surface area (Å²) >= 11 is 0. The summed E-state index contributed by atoms with van der Waals surface area (Å²) in [5, 5.41) is 0. The summed E-state index contributed by atoms with van der Waals surface area (Å²) < 4.78 is 5.16. The predicted octanol–water partition coefficient (Wildman–Crippen LogP) is 2.97. The van der Waals surface area contributed by atoms with Crippen molar-refractivity contribution in [1.29, 1.82) is 0 Å². The van der Waals surface area contributed by atoms with Gasteiger partial charge in [-0.1, -0.05) is 48.5 Å². The van der Waals surface area contributed by atoms with Crippen molar-refractivity contribution in [3.63, 3.8) is 0 Å². The minimum Gasteiger partial charge on any atom is -0.468 e. The van der Waals surface area contributed by atoms with Crippen molar-refractivity contribution in [2.45, 2.75) is 17.3 Å². The maximum atomic E-state index is 12.5. The van der Waals surface area contributed by atoms with E-state index >= 15 is 0 Å². The average molecular weight is 262 g/mol. The Balaban J connectivity index is 1.84. The van der Waals surface area contributed by atoms with Gasteiger partial charge in [-0.15, -0.1) is 0 Å². The lowest BCUT2D eigenvalue weighted by atomic mass is 9.90. The smallest absolute Gasteiger partial charge is 0.317 e. The van der Waals surface area contributed by atoms with Crippen LogP contribution in [-0.2, 0) is 14.9 Å². The molecule has 20 heavy (non-hydrogen) atoms. The minimum absolute atomic E-state index is 0.0584. The summed E-state index contributed by atoms with van der Waals surface area (Å²) in [5.41, 5.74) is 4.88. The van der Waals surface area contributed by atoms with Crippen LogP contribution in [0.25, 0.3) is 0 Å². The molecule has 0 unspecified atom stereocenters. The summed E-state index contributed by atoms with van der Waals surface area (Å²) in [6.07, 6.45) is 0.